The highest BCUT2D eigenvalue weighted by Crippen LogP contribution is 2.40. The lowest BCUT2D eigenvalue weighted by atomic mass is 9.95. The fourth-order valence-electron chi connectivity index (χ4n) is 3.85. The summed E-state index contributed by atoms with van der Waals surface area (Å²) in [6.07, 6.45) is 3.70. The molecule has 1 heterocycles. The zero-order chi connectivity index (χ0) is 20.5. The van der Waals surface area contributed by atoms with Crippen LogP contribution in [0, 0.1) is 11.3 Å². The molecule has 1 fully saturated rings. The molecule has 0 unspecified atom stereocenters. The van der Waals surface area contributed by atoms with Crippen LogP contribution in [0.1, 0.15) is 52.0 Å². The zero-order valence-electron chi connectivity index (χ0n) is 17.4. The fourth-order valence-corrected chi connectivity index (χ4v) is 3.85. The van der Waals surface area contributed by atoms with Gasteiger partial charge in [-0.25, -0.2) is 0 Å². The molecule has 0 spiro atoms. The molecule has 2 aliphatic rings. The van der Waals surface area contributed by atoms with Gasteiger partial charge in [0.05, 0.1) is 11.4 Å². The quantitative estimate of drug-likeness (QED) is 0.493. The maximum Gasteiger partial charge on any atom is 0.226 e. The number of hydrogen-bond acceptors (Lipinski definition) is 4. The molecule has 1 saturated carbocycles. The van der Waals surface area contributed by atoms with Crippen LogP contribution in [0.4, 0.5) is 17.1 Å². The lowest BCUT2D eigenvalue weighted by Gasteiger charge is -2.20. The Morgan fingerprint density at radius 3 is 2.79 bits per heavy atom. The van der Waals surface area contributed by atoms with Crippen molar-refractivity contribution >= 4 is 28.7 Å². The molecular weight excluding hydrogens is 360 g/mol. The van der Waals surface area contributed by atoms with Gasteiger partial charge in [0.25, 0.3) is 0 Å². The first-order chi connectivity index (χ1) is 14.0. The van der Waals surface area contributed by atoms with Gasteiger partial charge in [-0.05, 0) is 56.9 Å². The molecule has 0 aromatic heterocycles. The SMILES string of the molecule is CC[C@@H](C)Nc1ccc(-c2cccc3c2N[C@H](C)CC(=O)N3)cc1C(=N)C1CC1. The van der Waals surface area contributed by atoms with Gasteiger partial charge in [-0.3, -0.25) is 4.79 Å². The molecule has 0 radical (unpaired) electrons. The number of para-hydroxylation sites is 1. The second kappa shape index (κ2) is 7.90. The van der Waals surface area contributed by atoms with Crippen molar-refractivity contribution in [1.82, 2.24) is 0 Å². The number of amides is 1. The van der Waals surface area contributed by atoms with E-state index in [1.54, 1.807) is 0 Å². The van der Waals surface area contributed by atoms with Crippen LogP contribution in [0.25, 0.3) is 11.1 Å². The number of nitrogens with one attached hydrogen (secondary N) is 4. The highest BCUT2D eigenvalue weighted by Gasteiger charge is 2.29. The molecule has 4 rings (SSSR count). The van der Waals surface area contributed by atoms with Crippen LogP contribution in [0.5, 0.6) is 0 Å². The van der Waals surface area contributed by atoms with Crippen molar-refractivity contribution in [3.63, 3.8) is 0 Å². The standard InChI is InChI=1S/C24H30N4O/c1-4-14(2)26-20-11-10-17(13-19(20)23(25)16-8-9-16)18-6-5-7-21-24(18)27-15(3)12-22(29)28-21/h5-7,10-11,13-16,25-27H,4,8-9,12H2,1-3H3,(H,28,29)/t14-,15-/m1/s1. The average molecular weight is 391 g/mol. The zero-order valence-corrected chi connectivity index (χ0v) is 17.4. The van der Waals surface area contributed by atoms with Crippen molar-refractivity contribution in [1.29, 1.82) is 5.41 Å². The van der Waals surface area contributed by atoms with Crippen LogP contribution in [-0.4, -0.2) is 23.7 Å². The predicted molar refractivity (Wildman–Crippen MR) is 121 cm³/mol. The van der Waals surface area contributed by atoms with Crippen molar-refractivity contribution in [3.8, 4) is 11.1 Å². The summed E-state index contributed by atoms with van der Waals surface area (Å²) < 4.78 is 0. The minimum Gasteiger partial charge on any atom is -0.382 e. The van der Waals surface area contributed by atoms with Crippen molar-refractivity contribution in [3.05, 3.63) is 42.0 Å². The van der Waals surface area contributed by atoms with Gasteiger partial charge in [-0.2, -0.15) is 0 Å². The monoisotopic (exact) mass is 390 g/mol. The molecule has 5 nitrogen and oxygen atoms in total. The van der Waals surface area contributed by atoms with Crippen LogP contribution >= 0.6 is 0 Å². The summed E-state index contributed by atoms with van der Waals surface area (Å²) >= 11 is 0. The normalized spacial score (nSPS) is 19.4. The molecule has 2 aromatic carbocycles. The number of hydrogen-bond donors (Lipinski definition) is 4. The second-order valence-electron chi connectivity index (χ2n) is 8.43. The van der Waals surface area contributed by atoms with E-state index in [1.807, 2.05) is 19.1 Å². The van der Waals surface area contributed by atoms with E-state index in [0.29, 0.717) is 18.4 Å². The van der Waals surface area contributed by atoms with Crippen molar-refractivity contribution in [2.75, 3.05) is 16.0 Å². The number of carbonyl (C=O) groups is 1. The molecule has 2 aromatic rings. The number of fused-ring (bicyclic) bond motifs is 1. The predicted octanol–water partition coefficient (Wildman–Crippen LogP) is 5.48. The molecule has 5 heteroatoms. The van der Waals surface area contributed by atoms with E-state index in [-0.39, 0.29) is 11.9 Å². The Labute approximate surface area is 172 Å². The van der Waals surface area contributed by atoms with E-state index in [4.69, 9.17) is 5.41 Å². The highest BCUT2D eigenvalue weighted by atomic mass is 16.1. The Kier molecular flexibility index (Phi) is 5.31. The van der Waals surface area contributed by atoms with Gasteiger partial charge < -0.3 is 21.4 Å². The molecule has 1 aliphatic carbocycles. The van der Waals surface area contributed by atoms with E-state index in [2.05, 4.69) is 54.1 Å². The van der Waals surface area contributed by atoms with Gasteiger partial charge in [-0.15, -0.1) is 0 Å². The van der Waals surface area contributed by atoms with Crippen LogP contribution in [0.3, 0.4) is 0 Å². The minimum absolute atomic E-state index is 0.0326. The fraction of sp³-hybridized carbons (Fsp3) is 0.417. The summed E-state index contributed by atoms with van der Waals surface area (Å²) in [5.41, 5.74) is 6.65. The molecule has 0 saturated heterocycles. The van der Waals surface area contributed by atoms with E-state index in [9.17, 15) is 4.79 Å². The first-order valence-electron chi connectivity index (χ1n) is 10.7. The lowest BCUT2D eigenvalue weighted by molar-refractivity contribution is -0.116. The molecule has 152 valence electrons. The van der Waals surface area contributed by atoms with Crippen molar-refractivity contribution in [2.24, 2.45) is 5.92 Å². The summed E-state index contributed by atoms with van der Waals surface area (Å²) in [4.78, 5) is 12.1. The van der Waals surface area contributed by atoms with Gasteiger partial charge in [0.1, 0.15) is 0 Å². The van der Waals surface area contributed by atoms with Crippen LogP contribution in [0.2, 0.25) is 0 Å². The summed E-state index contributed by atoms with van der Waals surface area (Å²) in [6, 6.07) is 12.8. The van der Waals surface area contributed by atoms with E-state index >= 15 is 0 Å². The maximum atomic E-state index is 12.1. The molecule has 29 heavy (non-hydrogen) atoms. The third kappa shape index (κ3) is 4.14. The summed E-state index contributed by atoms with van der Waals surface area (Å²) in [7, 11) is 0. The number of carbonyl (C=O) groups excluding carboxylic acids is 1. The van der Waals surface area contributed by atoms with Crippen molar-refractivity contribution < 1.29 is 4.79 Å². The Hall–Kier alpha value is -2.82. The Morgan fingerprint density at radius 2 is 2.07 bits per heavy atom. The molecule has 2 atom stereocenters. The van der Waals surface area contributed by atoms with Gasteiger partial charge in [0, 0.05) is 46.9 Å². The minimum atomic E-state index is 0.0326. The average Bonchev–Trinajstić information content (AvgIpc) is 3.54. The Balaban J connectivity index is 1.78. The lowest BCUT2D eigenvalue weighted by Crippen LogP contribution is -2.19. The largest absolute Gasteiger partial charge is 0.382 e. The first-order valence-corrected chi connectivity index (χ1v) is 10.7. The van der Waals surface area contributed by atoms with Crippen LogP contribution < -0.4 is 16.0 Å². The van der Waals surface area contributed by atoms with Crippen molar-refractivity contribution in [2.45, 2.75) is 58.5 Å². The first kappa shape index (κ1) is 19.5. The molecule has 1 aliphatic heterocycles. The highest BCUT2D eigenvalue weighted by molar-refractivity contribution is 6.07. The van der Waals surface area contributed by atoms with Gasteiger partial charge in [0.15, 0.2) is 0 Å². The molecule has 4 N–H and O–H groups in total. The van der Waals surface area contributed by atoms with E-state index < -0.39 is 0 Å². The number of anilines is 3. The third-order valence-electron chi connectivity index (χ3n) is 5.84. The molecule has 0 bridgehead atoms. The molecular formula is C24H30N4O. The van der Waals surface area contributed by atoms with Crippen LogP contribution in [-0.2, 0) is 4.79 Å². The van der Waals surface area contributed by atoms with E-state index in [1.165, 1.54) is 0 Å². The maximum absolute atomic E-state index is 12.1. The summed E-state index contributed by atoms with van der Waals surface area (Å²) in [5.74, 6) is 0.415. The number of rotatable bonds is 6. The van der Waals surface area contributed by atoms with Gasteiger partial charge in [0.2, 0.25) is 5.91 Å². The summed E-state index contributed by atoms with van der Waals surface area (Å²) in [6.45, 7) is 6.36. The Bertz CT molecular complexity index is 948. The number of benzene rings is 2. The second-order valence-corrected chi connectivity index (χ2v) is 8.43. The van der Waals surface area contributed by atoms with Gasteiger partial charge in [-0.1, -0.05) is 25.1 Å². The summed E-state index contributed by atoms with van der Waals surface area (Å²) in [5, 5.41) is 18.8. The Morgan fingerprint density at radius 1 is 1.28 bits per heavy atom. The van der Waals surface area contributed by atoms with E-state index in [0.717, 1.165) is 58.7 Å². The topological polar surface area (TPSA) is 77.0 Å². The third-order valence-corrected chi connectivity index (χ3v) is 5.84. The van der Waals surface area contributed by atoms with Gasteiger partial charge >= 0.3 is 0 Å². The molecule has 1 amide bonds. The van der Waals surface area contributed by atoms with Crippen LogP contribution in [0.15, 0.2) is 36.4 Å². The smallest absolute Gasteiger partial charge is 0.226 e.